The summed E-state index contributed by atoms with van der Waals surface area (Å²) in [4.78, 5) is 58.4. The number of quaternary nitrogens is 2. The third-order valence-corrected chi connectivity index (χ3v) is 13.0. The molecule has 4 bridgehead atoms. The number of rotatable bonds is 8. The largest absolute Gasteiger partial charge is 0.465 e. The van der Waals surface area contributed by atoms with Crippen LogP contribution < -0.4 is 8.97 Å². The molecule has 7 heterocycles. The molecule has 2 N–H and O–H groups in total. The molecule has 0 radical (unpaired) electrons. The van der Waals surface area contributed by atoms with Gasteiger partial charge in [-0.25, -0.2) is 19.2 Å². The van der Waals surface area contributed by atoms with Gasteiger partial charge in [0, 0.05) is 85.7 Å². The summed E-state index contributed by atoms with van der Waals surface area (Å²) in [6.07, 6.45) is 16.3. The SMILES string of the molecule is O=C(O)N1CCC[C@H]1C(=O)[N+]1(c2sc([N+]3(C(=O)[C@@H]4CCCN4C(=O)O)C4=CC=C3C=C4)c(Cc3ccccc3)c2Cc2ccccc2)C2=CC=C1C=C2. The van der Waals surface area contributed by atoms with Crippen LogP contribution in [0.4, 0.5) is 19.6 Å². The molecule has 2 atom stereocenters. The molecule has 6 aliphatic rings. The van der Waals surface area contributed by atoms with Crippen LogP contribution in [0.2, 0.25) is 0 Å². The lowest BCUT2D eigenvalue weighted by atomic mass is 9.95. The van der Waals surface area contributed by atoms with E-state index in [4.69, 9.17) is 0 Å². The number of hydrogen-bond acceptors (Lipinski definition) is 5. The summed E-state index contributed by atoms with van der Waals surface area (Å²) in [6.45, 7) is 0.570. The molecule has 6 aliphatic heterocycles. The average molecular weight is 727 g/mol. The topological polar surface area (TPSA) is 115 Å². The van der Waals surface area contributed by atoms with Crippen molar-refractivity contribution in [3.05, 3.63) is 154 Å². The van der Waals surface area contributed by atoms with Crippen molar-refractivity contribution in [1.82, 2.24) is 18.8 Å². The van der Waals surface area contributed by atoms with Gasteiger partial charge in [0.1, 0.15) is 0 Å². The maximum absolute atomic E-state index is 15.4. The van der Waals surface area contributed by atoms with Crippen molar-refractivity contribution in [3.63, 3.8) is 0 Å². The van der Waals surface area contributed by atoms with Gasteiger partial charge in [-0.15, -0.1) is 0 Å². The molecule has 2 aromatic carbocycles. The predicted molar refractivity (Wildman–Crippen MR) is 203 cm³/mol. The third kappa shape index (κ3) is 4.77. The van der Waals surface area contributed by atoms with E-state index in [1.807, 2.05) is 85.0 Å². The zero-order valence-corrected chi connectivity index (χ0v) is 29.7. The molecular formula is C42H38N4O6S+2. The Labute approximate surface area is 310 Å². The van der Waals surface area contributed by atoms with Crippen LogP contribution in [0, 0.1) is 0 Å². The van der Waals surface area contributed by atoms with E-state index in [1.165, 1.54) is 21.1 Å². The van der Waals surface area contributed by atoms with Crippen LogP contribution in [0.25, 0.3) is 0 Å². The Hall–Kier alpha value is -5.62. The van der Waals surface area contributed by atoms with Crippen molar-refractivity contribution in [3.8, 4) is 0 Å². The fourth-order valence-corrected chi connectivity index (χ4v) is 10.9. The minimum Gasteiger partial charge on any atom is -0.465 e. The first-order valence-corrected chi connectivity index (χ1v) is 18.9. The van der Waals surface area contributed by atoms with Gasteiger partial charge in [0.2, 0.25) is 10.0 Å². The van der Waals surface area contributed by atoms with Crippen molar-refractivity contribution in [2.24, 2.45) is 0 Å². The van der Waals surface area contributed by atoms with E-state index in [2.05, 4.69) is 24.3 Å². The van der Waals surface area contributed by atoms with E-state index < -0.39 is 24.3 Å². The maximum Gasteiger partial charge on any atom is 0.408 e. The Balaban J connectivity index is 1.34. The number of hydrogen-bond donors (Lipinski definition) is 2. The van der Waals surface area contributed by atoms with Gasteiger partial charge in [-0.2, -0.15) is 8.97 Å². The molecule has 0 aliphatic carbocycles. The zero-order valence-electron chi connectivity index (χ0n) is 28.9. The monoisotopic (exact) mass is 726 g/mol. The summed E-state index contributed by atoms with van der Waals surface area (Å²) in [5.74, 6) is -0.463. The Morgan fingerprint density at radius 1 is 0.585 bits per heavy atom. The van der Waals surface area contributed by atoms with Gasteiger partial charge >= 0.3 is 24.0 Å². The Morgan fingerprint density at radius 2 is 0.943 bits per heavy atom. The van der Waals surface area contributed by atoms with E-state index in [1.54, 1.807) is 0 Å². The molecule has 11 heteroatoms. The third-order valence-electron chi connectivity index (χ3n) is 11.6. The molecule has 4 amide bonds. The van der Waals surface area contributed by atoms with Crippen molar-refractivity contribution in [1.29, 1.82) is 0 Å². The molecule has 53 heavy (non-hydrogen) atoms. The van der Waals surface area contributed by atoms with Crippen molar-refractivity contribution in [2.75, 3.05) is 13.1 Å². The molecule has 0 unspecified atom stereocenters. The molecular weight excluding hydrogens is 689 g/mol. The molecule has 1 aromatic heterocycles. The van der Waals surface area contributed by atoms with Gasteiger partial charge in [0.25, 0.3) is 0 Å². The lowest BCUT2D eigenvalue weighted by Crippen LogP contribution is -2.57. The Kier molecular flexibility index (Phi) is 7.84. The van der Waals surface area contributed by atoms with Crippen molar-refractivity contribution >= 4 is 45.3 Å². The van der Waals surface area contributed by atoms with Gasteiger partial charge in [-0.1, -0.05) is 60.7 Å². The molecule has 0 saturated carbocycles. The minimum atomic E-state index is -1.11. The number of carboxylic acid groups (broad SMARTS) is 2. The smallest absolute Gasteiger partial charge is 0.408 e. The normalized spacial score (nSPS) is 22.6. The Morgan fingerprint density at radius 3 is 1.26 bits per heavy atom. The van der Waals surface area contributed by atoms with Gasteiger partial charge < -0.3 is 10.2 Å². The van der Waals surface area contributed by atoms with Crippen molar-refractivity contribution < 1.29 is 29.4 Å². The fourth-order valence-electron chi connectivity index (χ4n) is 9.21. The summed E-state index contributed by atoms with van der Waals surface area (Å²) in [5, 5.41) is 21.9. The van der Waals surface area contributed by atoms with Crippen LogP contribution in [0.15, 0.2) is 132 Å². The number of thiophene rings is 1. The van der Waals surface area contributed by atoms with Gasteiger partial charge in [0.15, 0.2) is 34.9 Å². The predicted octanol–water partition coefficient (Wildman–Crippen LogP) is 7.58. The van der Waals surface area contributed by atoms with E-state index in [9.17, 15) is 19.8 Å². The molecule has 10 nitrogen and oxygen atoms in total. The van der Waals surface area contributed by atoms with E-state index in [0.717, 1.165) is 55.0 Å². The van der Waals surface area contributed by atoms with Crippen LogP contribution in [-0.2, 0) is 22.4 Å². The zero-order chi connectivity index (χ0) is 36.5. The minimum absolute atomic E-state index is 0.232. The summed E-state index contributed by atoms with van der Waals surface area (Å²) in [5.41, 5.74) is 6.83. The number of carbonyl (C=O) groups is 4. The van der Waals surface area contributed by atoms with E-state index in [0.29, 0.717) is 38.5 Å². The molecule has 2 saturated heterocycles. The van der Waals surface area contributed by atoms with Crippen LogP contribution in [0.5, 0.6) is 0 Å². The average Bonchev–Trinajstić information content (AvgIpc) is 4.05. The second kappa shape index (κ2) is 12.5. The highest BCUT2D eigenvalue weighted by atomic mass is 32.1. The second-order valence-electron chi connectivity index (χ2n) is 14.3. The van der Waals surface area contributed by atoms with Gasteiger partial charge in [-0.3, -0.25) is 9.80 Å². The number of nitrogens with zero attached hydrogens (tertiary/aromatic N) is 4. The first-order chi connectivity index (χ1) is 25.8. The number of carbonyl (C=O) groups excluding carboxylic acids is 2. The lowest BCUT2D eigenvalue weighted by molar-refractivity contribution is -0.131. The molecule has 0 spiro atoms. The quantitative estimate of drug-likeness (QED) is 0.231. The fraction of sp³-hybridized carbons (Fsp3) is 0.238. The van der Waals surface area contributed by atoms with E-state index >= 15 is 9.59 Å². The number of benzene rings is 2. The molecule has 2 fully saturated rings. The summed E-state index contributed by atoms with van der Waals surface area (Å²) >= 11 is 1.43. The van der Waals surface area contributed by atoms with Crippen LogP contribution in [0.1, 0.15) is 47.9 Å². The molecule has 3 aromatic rings. The highest BCUT2D eigenvalue weighted by molar-refractivity contribution is 7.20. The van der Waals surface area contributed by atoms with Crippen molar-refractivity contribution in [2.45, 2.75) is 50.6 Å². The van der Waals surface area contributed by atoms with Gasteiger partial charge in [0.05, 0.1) is 0 Å². The lowest BCUT2D eigenvalue weighted by Gasteiger charge is -2.34. The highest BCUT2D eigenvalue weighted by Crippen LogP contribution is 2.59. The molecule has 9 rings (SSSR count). The standard InChI is InChI=1S/C42H36N4O6S/c47-37(35-13-7-23-43(35)41(49)50)45(29-15-16-30(45)18-17-29)39-33(25-27-9-3-1-4-10-27)34(26-28-11-5-2-6-12-28)40(53-39)46(31-19-20-32(46)22-21-31)38(48)36-14-8-24-44(36)42(51)52/h1-6,9-12,15-22,35-36H,7-8,13-14,23-26H2/p+2/t35-,36-/m0/s1. The first-order valence-electron chi connectivity index (χ1n) is 18.1. The number of fused-ring (bicyclic) bond motifs is 4. The second-order valence-corrected chi connectivity index (χ2v) is 15.3. The molecule has 266 valence electrons. The summed E-state index contributed by atoms with van der Waals surface area (Å²) in [7, 11) is 0. The Bertz CT molecular complexity index is 2080. The summed E-state index contributed by atoms with van der Waals surface area (Å²) < 4.78 is -0.513. The number of likely N-dealkylation sites (tertiary alicyclic amines) is 2. The van der Waals surface area contributed by atoms with Crippen LogP contribution in [0.3, 0.4) is 0 Å². The van der Waals surface area contributed by atoms with Crippen LogP contribution >= 0.6 is 11.3 Å². The van der Waals surface area contributed by atoms with Gasteiger partial charge in [-0.05, 0) is 48.1 Å². The number of amides is 4. The highest BCUT2D eigenvalue weighted by Gasteiger charge is 2.62. The first kappa shape index (κ1) is 33.2. The summed E-state index contributed by atoms with van der Waals surface area (Å²) in [6, 6.07) is 18.4. The maximum atomic E-state index is 15.4. The van der Waals surface area contributed by atoms with E-state index in [-0.39, 0.29) is 33.9 Å². The van der Waals surface area contributed by atoms with Crippen LogP contribution in [-0.4, -0.2) is 69.2 Å². The number of allylic oxidation sites excluding steroid dienone is 8.